The standard InChI is InChI=1S/C26H29NO4Si/c1-30-23-16-14-22(15-17-23)25(18-19-32(2,3)24-12-8-5-9-13-24)27(29)26(28)31-20-21-10-6-4-7-11-21/h4-19,25,29H,20H2,1-3H3/b19-18+. The highest BCUT2D eigenvalue weighted by Gasteiger charge is 2.26. The SMILES string of the molecule is COc1ccc(C(/C=C/[Si](C)(C)c2ccccc2)N(O)C(=O)OCc2ccccc2)cc1. The molecule has 166 valence electrons. The smallest absolute Gasteiger partial charge is 0.434 e. The third-order valence-electron chi connectivity index (χ3n) is 5.33. The summed E-state index contributed by atoms with van der Waals surface area (Å²) in [6, 6.07) is 26.2. The fourth-order valence-electron chi connectivity index (χ4n) is 3.33. The molecule has 0 saturated heterocycles. The van der Waals surface area contributed by atoms with Gasteiger partial charge in [-0.25, -0.2) is 4.79 Å². The average molecular weight is 448 g/mol. The Morgan fingerprint density at radius 2 is 1.56 bits per heavy atom. The van der Waals surface area contributed by atoms with Gasteiger partial charge in [0.15, 0.2) is 0 Å². The third kappa shape index (κ3) is 6.09. The molecule has 0 saturated carbocycles. The van der Waals surface area contributed by atoms with Crippen LogP contribution in [0.2, 0.25) is 13.1 Å². The molecule has 0 bridgehead atoms. The van der Waals surface area contributed by atoms with Crippen LogP contribution < -0.4 is 9.92 Å². The Labute approximate surface area is 190 Å². The Morgan fingerprint density at radius 3 is 2.16 bits per heavy atom. The summed E-state index contributed by atoms with van der Waals surface area (Å²) >= 11 is 0. The first kappa shape index (κ1) is 23.3. The van der Waals surface area contributed by atoms with Crippen molar-refractivity contribution in [2.45, 2.75) is 25.7 Å². The van der Waals surface area contributed by atoms with E-state index < -0.39 is 20.2 Å². The van der Waals surface area contributed by atoms with Crippen molar-refractivity contribution in [2.75, 3.05) is 7.11 Å². The molecular weight excluding hydrogens is 418 g/mol. The maximum atomic E-state index is 12.7. The highest BCUT2D eigenvalue weighted by molar-refractivity contribution is 6.93. The molecule has 6 heteroatoms. The monoisotopic (exact) mass is 447 g/mol. The van der Waals surface area contributed by atoms with E-state index in [1.807, 2.05) is 66.7 Å². The predicted octanol–water partition coefficient (Wildman–Crippen LogP) is 5.48. The number of hydrogen-bond donors (Lipinski definition) is 1. The Hall–Kier alpha value is -3.35. The number of benzene rings is 3. The van der Waals surface area contributed by atoms with Crippen molar-refractivity contribution in [2.24, 2.45) is 0 Å². The summed E-state index contributed by atoms with van der Waals surface area (Å²) in [6.07, 6.45) is 1.07. The zero-order valence-corrected chi connectivity index (χ0v) is 19.6. The van der Waals surface area contributed by atoms with E-state index in [1.165, 1.54) is 5.19 Å². The van der Waals surface area contributed by atoms with E-state index in [0.717, 1.165) is 11.1 Å². The van der Waals surface area contributed by atoms with Crippen LogP contribution in [0.15, 0.2) is 96.7 Å². The molecule has 32 heavy (non-hydrogen) atoms. The van der Waals surface area contributed by atoms with Gasteiger partial charge in [0.05, 0.1) is 7.11 Å². The van der Waals surface area contributed by atoms with E-state index in [4.69, 9.17) is 9.47 Å². The fraction of sp³-hybridized carbons (Fsp3) is 0.192. The van der Waals surface area contributed by atoms with Crippen LogP contribution in [-0.4, -0.2) is 31.5 Å². The molecule has 1 N–H and O–H groups in total. The molecule has 0 heterocycles. The highest BCUT2D eigenvalue weighted by Crippen LogP contribution is 2.25. The maximum absolute atomic E-state index is 12.7. The third-order valence-corrected chi connectivity index (χ3v) is 8.17. The second kappa shape index (κ2) is 10.8. The number of amides is 1. The van der Waals surface area contributed by atoms with Crippen LogP contribution in [0.4, 0.5) is 4.79 Å². The van der Waals surface area contributed by atoms with Crippen LogP contribution >= 0.6 is 0 Å². The van der Waals surface area contributed by atoms with Gasteiger partial charge in [-0.2, -0.15) is 5.06 Å². The number of carbonyl (C=O) groups is 1. The summed E-state index contributed by atoms with van der Waals surface area (Å²) in [5, 5.41) is 12.7. The van der Waals surface area contributed by atoms with E-state index in [0.29, 0.717) is 10.8 Å². The van der Waals surface area contributed by atoms with Gasteiger partial charge in [-0.3, -0.25) is 5.21 Å². The summed E-state index contributed by atoms with van der Waals surface area (Å²) in [7, 11) is -0.343. The molecule has 0 aliphatic carbocycles. The molecule has 1 unspecified atom stereocenters. The largest absolute Gasteiger partial charge is 0.497 e. The van der Waals surface area contributed by atoms with Gasteiger partial charge in [-0.1, -0.05) is 103 Å². The van der Waals surface area contributed by atoms with Crippen molar-refractivity contribution in [1.82, 2.24) is 5.06 Å². The summed E-state index contributed by atoms with van der Waals surface area (Å²) < 4.78 is 10.6. The lowest BCUT2D eigenvalue weighted by Crippen LogP contribution is -2.40. The van der Waals surface area contributed by atoms with Crippen molar-refractivity contribution >= 4 is 19.4 Å². The number of nitrogens with zero attached hydrogens (tertiary/aromatic N) is 1. The van der Waals surface area contributed by atoms with Gasteiger partial charge in [-0.15, -0.1) is 0 Å². The zero-order chi connectivity index (χ0) is 23.0. The van der Waals surface area contributed by atoms with Crippen LogP contribution in [0.5, 0.6) is 5.75 Å². The van der Waals surface area contributed by atoms with Crippen molar-refractivity contribution in [3.05, 3.63) is 108 Å². The molecular formula is C26H29NO4Si. The van der Waals surface area contributed by atoms with Crippen LogP contribution in [-0.2, 0) is 11.3 Å². The Kier molecular flexibility index (Phi) is 7.86. The first-order valence-electron chi connectivity index (χ1n) is 10.5. The second-order valence-electron chi connectivity index (χ2n) is 8.05. The second-order valence-corrected chi connectivity index (χ2v) is 12.4. The number of hydroxylamine groups is 2. The zero-order valence-electron chi connectivity index (χ0n) is 18.6. The van der Waals surface area contributed by atoms with E-state index in [2.05, 4.69) is 30.9 Å². The van der Waals surface area contributed by atoms with Gasteiger partial charge in [0, 0.05) is 0 Å². The number of methoxy groups -OCH3 is 1. The molecule has 5 nitrogen and oxygen atoms in total. The number of rotatable bonds is 8. The lowest BCUT2D eigenvalue weighted by atomic mass is 10.1. The number of hydrogen-bond acceptors (Lipinski definition) is 4. The van der Waals surface area contributed by atoms with Crippen molar-refractivity contribution in [1.29, 1.82) is 0 Å². The number of carbonyl (C=O) groups excluding carboxylic acids is 1. The van der Waals surface area contributed by atoms with E-state index >= 15 is 0 Å². The van der Waals surface area contributed by atoms with E-state index in [9.17, 15) is 10.0 Å². The molecule has 3 rings (SSSR count). The average Bonchev–Trinajstić information content (AvgIpc) is 2.84. The minimum absolute atomic E-state index is 0.0834. The quantitative estimate of drug-likeness (QED) is 0.282. The van der Waals surface area contributed by atoms with Crippen LogP contribution in [0.1, 0.15) is 17.2 Å². The Morgan fingerprint density at radius 1 is 0.969 bits per heavy atom. The Balaban J connectivity index is 1.83. The fourth-order valence-corrected chi connectivity index (χ4v) is 5.24. The highest BCUT2D eigenvalue weighted by atomic mass is 28.3. The normalized spacial score (nSPS) is 12.4. The molecule has 1 amide bonds. The van der Waals surface area contributed by atoms with E-state index in [-0.39, 0.29) is 6.61 Å². The van der Waals surface area contributed by atoms with Crippen molar-refractivity contribution in [3.8, 4) is 5.75 Å². The topological polar surface area (TPSA) is 59.0 Å². The number of ether oxygens (including phenoxy) is 2. The summed E-state index contributed by atoms with van der Waals surface area (Å²) in [6.45, 7) is 4.53. The van der Waals surface area contributed by atoms with Crippen LogP contribution in [0, 0.1) is 0 Å². The molecule has 0 aromatic heterocycles. The molecule has 0 radical (unpaired) electrons. The van der Waals surface area contributed by atoms with Crippen LogP contribution in [0.3, 0.4) is 0 Å². The molecule has 0 fully saturated rings. The van der Waals surface area contributed by atoms with Gasteiger partial charge >= 0.3 is 6.09 Å². The van der Waals surface area contributed by atoms with E-state index in [1.54, 1.807) is 19.2 Å². The molecule has 3 aromatic rings. The van der Waals surface area contributed by atoms with Crippen molar-refractivity contribution in [3.63, 3.8) is 0 Å². The van der Waals surface area contributed by atoms with Gasteiger partial charge in [-0.05, 0) is 23.3 Å². The van der Waals surface area contributed by atoms with Gasteiger partial charge < -0.3 is 9.47 Å². The minimum atomic E-state index is -1.94. The van der Waals surface area contributed by atoms with Gasteiger partial charge in [0.1, 0.15) is 26.5 Å². The summed E-state index contributed by atoms with van der Waals surface area (Å²) in [4.78, 5) is 12.7. The minimum Gasteiger partial charge on any atom is -0.497 e. The summed E-state index contributed by atoms with van der Waals surface area (Å²) in [5.74, 6) is 0.701. The first-order chi connectivity index (χ1) is 15.4. The first-order valence-corrected chi connectivity index (χ1v) is 13.6. The lowest BCUT2D eigenvalue weighted by Gasteiger charge is -2.25. The van der Waals surface area contributed by atoms with Gasteiger partial charge in [0.2, 0.25) is 0 Å². The molecule has 1 atom stereocenters. The molecule has 0 aliphatic rings. The maximum Gasteiger partial charge on any atom is 0.434 e. The molecule has 0 aliphatic heterocycles. The lowest BCUT2D eigenvalue weighted by molar-refractivity contribution is -0.0958. The predicted molar refractivity (Wildman–Crippen MR) is 129 cm³/mol. The Bertz CT molecular complexity index is 1020. The van der Waals surface area contributed by atoms with Gasteiger partial charge in [0.25, 0.3) is 0 Å². The van der Waals surface area contributed by atoms with Crippen molar-refractivity contribution < 1.29 is 19.5 Å². The summed E-state index contributed by atoms with van der Waals surface area (Å²) in [5.41, 5.74) is 3.73. The van der Waals surface area contributed by atoms with Crippen LogP contribution in [0.25, 0.3) is 0 Å². The molecule has 0 spiro atoms. The molecule has 3 aromatic carbocycles.